The molecular weight excluding hydrogens is 332 g/mol. The van der Waals surface area contributed by atoms with Crippen molar-refractivity contribution in [1.29, 1.82) is 0 Å². The summed E-state index contributed by atoms with van der Waals surface area (Å²) in [5.74, 6) is -0.0712. The molecule has 1 aliphatic rings. The van der Waals surface area contributed by atoms with Crippen molar-refractivity contribution in [1.82, 2.24) is 20.4 Å². The van der Waals surface area contributed by atoms with E-state index >= 15 is 0 Å². The van der Waals surface area contributed by atoms with Crippen LogP contribution in [0.4, 0.5) is 0 Å². The van der Waals surface area contributed by atoms with Crippen LogP contribution in [0.25, 0.3) is 0 Å². The fourth-order valence-electron chi connectivity index (χ4n) is 3.21. The maximum atomic E-state index is 12.2. The highest BCUT2D eigenvalue weighted by Gasteiger charge is 2.35. The van der Waals surface area contributed by atoms with E-state index in [1.165, 1.54) is 0 Å². The van der Waals surface area contributed by atoms with Crippen molar-refractivity contribution in [3.63, 3.8) is 0 Å². The number of rotatable bonds is 8. The molecule has 24 heavy (non-hydrogen) atoms. The first-order valence-corrected chi connectivity index (χ1v) is 8.17. The van der Waals surface area contributed by atoms with Crippen LogP contribution in [0.2, 0.25) is 0 Å². The van der Waals surface area contributed by atoms with Crippen LogP contribution in [0.15, 0.2) is 12.4 Å². The molecule has 3 N–H and O–H groups in total. The van der Waals surface area contributed by atoms with Crippen LogP contribution >= 0.6 is 12.4 Å². The number of carbonyl (C=O) groups excluding carboxylic acids is 1. The molecule has 0 unspecified atom stereocenters. The summed E-state index contributed by atoms with van der Waals surface area (Å²) in [4.78, 5) is 24.9. The second-order valence-corrected chi connectivity index (χ2v) is 6.63. The van der Waals surface area contributed by atoms with Gasteiger partial charge in [0.1, 0.15) is 0 Å². The number of amides is 1. The molecular formula is C16H27ClN4O3. The third-order valence-electron chi connectivity index (χ3n) is 4.43. The summed E-state index contributed by atoms with van der Waals surface area (Å²) < 4.78 is 0. The molecule has 2 heterocycles. The Morgan fingerprint density at radius 2 is 2.21 bits per heavy atom. The van der Waals surface area contributed by atoms with Gasteiger partial charge >= 0.3 is 5.97 Å². The minimum absolute atomic E-state index is 0. The number of carboxylic acid groups (broad SMARTS) is 1. The average molecular weight is 359 g/mol. The molecule has 1 amide bonds. The van der Waals surface area contributed by atoms with E-state index in [4.69, 9.17) is 5.11 Å². The molecule has 1 aromatic rings. The van der Waals surface area contributed by atoms with Crippen molar-refractivity contribution in [2.24, 2.45) is 11.8 Å². The molecule has 0 radical (unpaired) electrons. The molecule has 2 atom stereocenters. The number of carbonyl (C=O) groups is 2. The first kappa shape index (κ1) is 20.4. The number of H-pyrrole nitrogens is 1. The van der Waals surface area contributed by atoms with Gasteiger partial charge in [0.15, 0.2) is 0 Å². The van der Waals surface area contributed by atoms with Gasteiger partial charge < -0.3 is 10.4 Å². The Kier molecular flexibility index (Phi) is 8.21. The molecule has 8 heteroatoms. The van der Waals surface area contributed by atoms with Gasteiger partial charge in [0.25, 0.3) is 0 Å². The maximum absolute atomic E-state index is 12.2. The summed E-state index contributed by atoms with van der Waals surface area (Å²) in [7, 11) is 0. The molecule has 0 aliphatic carbocycles. The Labute approximate surface area is 148 Å². The molecule has 0 saturated carbocycles. The molecule has 7 nitrogen and oxygen atoms in total. The van der Waals surface area contributed by atoms with Crippen LogP contribution in [0.3, 0.4) is 0 Å². The second-order valence-electron chi connectivity index (χ2n) is 6.63. The predicted molar refractivity (Wildman–Crippen MR) is 93.1 cm³/mol. The van der Waals surface area contributed by atoms with Crippen molar-refractivity contribution in [3.05, 3.63) is 18.0 Å². The highest BCUT2D eigenvalue weighted by molar-refractivity contribution is 5.85. The minimum atomic E-state index is -0.820. The summed E-state index contributed by atoms with van der Waals surface area (Å²) in [6, 6.07) is 0.0378. The highest BCUT2D eigenvalue weighted by atomic mass is 35.5. The first-order valence-electron chi connectivity index (χ1n) is 8.17. The van der Waals surface area contributed by atoms with Crippen molar-refractivity contribution in [2.45, 2.75) is 39.2 Å². The molecule has 0 spiro atoms. The fourth-order valence-corrected chi connectivity index (χ4v) is 3.21. The summed E-state index contributed by atoms with van der Waals surface area (Å²) in [6.45, 7) is 5.61. The van der Waals surface area contributed by atoms with Gasteiger partial charge in [-0.05, 0) is 30.2 Å². The number of aliphatic carboxylic acids is 1. The summed E-state index contributed by atoms with van der Waals surface area (Å²) in [6.07, 6.45) is 5.70. The molecule has 1 fully saturated rings. The topological polar surface area (TPSA) is 98.3 Å². The van der Waals surface area contributed by atoms with Gasteiger partial charge in [0.2, 0.25) is 5.91 Å². The van der Waals surface area contributed by atoms with Gasteiger partial charge in [-0.25, -0.2) is 0 Å². The van der Waals surface area contributed by atoms with E-state index in [1.54, 1.807) is 6.20 Å². The van der Waals surface area contributed by atoms with Crippen molar-refractivity contribution < 1.29 is 14.7 Å². The molecule has 1 saturated heterocycles. The summed E-state index contributed by atoms with van der Waals surface area (Å²) in [5, 5.41) is 18.7. The lowest BCUT2D eigenvalue weighted by Crippen LogP contribution is -2.42. The quantitative estimate of drug-likeness (QED) is 0.650. The fraction of sp³-hybridized carbons (Fsp3) is 0.688. The average Bonchev–Trinajstić information content (AvgIpc) is 3.08. The Bertz CT molecular complexity index is 521. The number of halogens is 1. The van der Waals surface area contributed by atoms with Crippen LogP contribution in [0.5, 0.6) is 0 Å². The molecule has 0 bridgehead atoms. The van der Waals surface area contributed by atoms with Gasteiger partial charge in [0.05, 0.1) is 12.7 Å². The number of likely N-dealkylation sites (tertiary alicyclic amines) is 1. The van der Waals surface area contributed by atoms with Crippen LogP contribution in [-0.4, -0.2) is 57.8 Å². The van der Waals surface area contributed by atoms with Crippen molar-refractivity contribution >= 4 is 24.3 Å². The number of hydrogen-bond donors (Lipinski definition) is 3. The van der Waals surface area contributed by atoms with E-state index in [2.05, 4.69) is 29.4 Å². The second kappa shape index (κ2) is 9.64. The van der Waals surface area contributed by atoms with E-state index < -0.39 is 5.97 Å². The monoisotopic (exact) mass is 358 g/mol. The standard InChI is InChI=1S/C16H26N4O3.ClH/c1-11(2)13-8-20(10-16(22)23)9-14(13)19-15(21)5-3-4-12-6-17-18-7-12;/h6-7,11,13-14H,3-5,8-10H2,1-2H3,(H,17,18)(H,19,21)(H,22,23);1H/t13-,14+;/m1./s1. The molecule has 2 rings (SSSR count). The smallest absolute Gasteiger partial charge is 0.317 e. The Morgan fingerprint density at radius 1 is 1.46 bits per heavy atom. The molecule has 136 valence electrons. The number of aromatic nitrogens is 2. The SMILES string of the molecule is CC(C)[C@H]1CN(CC(=O)O)C[C@@H]1NC(=O)CCCc1cn[nH]c1.Cl. The maximum Gasteiger partial charge on any atom is 0.317 e. The van der Waals surface area contributed by atoms with Crippen molar-refractivity contribution in [3.8, 4) is 0 Å². The number of aryl methyl sites for hydroxylation is 1. The van der Waals surface area contributed by atoms with Crippen LogP contribution in [0, 0.1) is 11.8 Å². The molecule has 1 aliphatic heterocycles. The number of nitrogens with zero attached hydrogens (tertiary/aromatic N) is 2. The molecule has 1 aromatic heterocycles. The zero-order chi connectivity index (χ0) is 16.8. The number of aromatic amines is 1. The lowest BCUT2D eigenvalue weighted by Gasteiger charge is -2.23. The zero-order valence-electron chi connectivity index (χ0n) is 14.2. The number of carboxylic acids is 1. The van der Waals surface area contributed by atoms with E-state index in [0.717, 1.165) is 24.9 Å². The third kappa shape index (κ3) is 6.13. The van der Waals surface area contributed by atoms with Gasteiger partial charge in [-0.2, -0.15) is 5.10 Å². The Morgan fingerprint density at radius 3 is 2.79 bits per heavy atom. The minimum Gasteiger partial charge on any atom is -0.480 e. The van der Waals surface area contributed by atoms with Gasteiger partial charge in [-0.3, -0.25) is 19.6 Å². The van der Waals surface area contributed by atoms with E-state index in [9.17, 15) is 9.59 Å². The normalized spacial score (nSPS) is 20.8. The van der Waals surface area contributed by atoms with E-state index in [-0.39, 0.29) is 30.9 Å². The lowest BCUT2D eigenvalue weighted by molar-refractivity contribution is -0.138. The zero-order valence-corrected chi connectivity index (χ0v) is 15.0. The number of hydrogen-bond acceptors (Lipinski definition) is 4. The first-order chi connectivity index (χ1) is 11.0. The van der Waals surface area contributed by atoms with Gasteiger partial charge in [-0.1, -0.05) is 13.8 Å². The lowest BCUT2D eigenvalue weighted by atomic mass is 9.91. The Balaban J connectivity index is 0.00000288. The van der Waals surface area contributed by atoms with Crippen LogP contribution < -0.4 is 5.32 Å². The third-order valence-corrected chi connectivity index (χ3v) is 4.43. The van der Waals surface area contributed by atoms with Gasteiger partial charge in [0, 0.05) is 31.7 Å². The van der Waals surface area contributed by atoms with Crippen LogP contribution in [-0.2, 0) is 16.0 Å². The van der Waals surface area contributed by atoms with Gasteiger partial charge in [-0.15, -0.1) is 12.4 Å². The largest absolute Gasteiger partial charge is 0.480 e. The predicted octanol–water partition coefficient (Wildman–Crippen LogP) is 1.31. The van der Waals surface area contributed by atoms with E-state index in [1.807, 2.05) is 11.1 Å². The summed E-state index contributed by atoms with van der Waals surface area (Å²) in [5.41, 5.74) is 1.10. The Hall–Kier alpha value is -1.60. The summed E-state index contributed by atoms with van der Waals surface area (Å²) >= 11 is 0. The number of nitrogens with one attached hydrogen (secondary N) is 2. The highest BCUT2D eigenvalue weighted by Crippen LogP contribution is 2.24. The van der Waals surface area contributed by atoms with Crippen LogP contribution in [0.1, 0.15) is 32.3 Å². The van der Waals surface area contributed by atoms with Crippen molar-refractivity contribution in [2.75, 3.05) is 19.6 Å². The molecule has 0 aromatic carbocycles. The van der Waals surface area contributed by atoms with E-state index in [0.29, 0.717) is 24.8 Å².